The summed E-state index contributed by atoms with van der Waals surface area (Å²) in [7, 11) is 0. The molecule has 1 aliphatic heterocycles. The number of likely N-dealkylation sites (tertiary alicyclic amines) is 1. The Kier molecular flexibility index (Phi) is 4.46. The van der Waals surface area contributed by atoms with Gasteiger partial charge in [0.05, 0.1) is 12.2 Å². The van der Waals surface area contributed by atoms with E-state index in [1.165, 1.54) is 6.07 Å². The smallest absolute Gasteiger partial charge is 0.158 e. The number of fused-ring (bicyclic) bond motifs is 1. The lowest BCUT2D eigenvalue weighted by Crippen LogP contribution is -2.20. The van der Waals surface area contributed by atoms with Crippen molar-refractivity contribution >= 4 is 11.0 Å². The quantitative estimate of drug-likeness (QED) is 0.776. The van der Waals surface area contributed by atoms with Crippen LogP contribution in [0.4, 0.5) is 4.39 Å². The van der Waals surface area contributed by atoms with Crippen molar-refractivity contribution in [1.29, 1.82) is 0 Å². The van der Waals surface area contributed by atoms with Crippen molar-refractivity contribution in [1.82, 2.24) is 19.7 Å². The molecule has 3 aromatic rings. The minimum Gasteiger partial charge on any atom is -0.329 e. The fourth-order valence-electron chi connectivity index (χ4n) is 3.68. The molecule has 0 amide bonds. The lowest BCUT2D eigenvalue weighted by Gasteiger charge is -2.16. The molecular weight excluding hydrogens is 317 g/mol. The first-order valence-corrected chi connectivity index (χ1v) is 8.73. The predicted molar refractivity (Wildman–Crippen MR) is 95.6 cm³/mol. The average molecular weight is 339 g/mol. The van der Waals surface area contributed by atoms with Crippen LogP contribution in [0.15, 0.2) is 42.6 Å². The summed E-state index contributed by atoms with van der Waals surface area (Å²) in [5, 5.41) is 5.90. The highest BCUT2D eigenvalue weighted by atomic mass is 19.1. The van der Waals surface area contributed by atoms with Crippen LogP contribution in [0.1, 0.15) is 23.6 Å². The molecule has 2 aromatic heterocycles. The number of halogens is 1. The number of aromatic nitrogens is 3. The number of hydrogen-bond acceptors (Lipinski definition) is 4. The van der Waals surface area contributed by atoms with Gasteiger partial charge >= 0.3 is 0 Å². The van der Waals surface area contributed by atoms with Crippen molar-refractivity contribution in [2.75, 3.05) is 19.6 Å². The van der Waals surface area contributed by atoms with Crippen molar-refractivity contribution in [2.24, 2.45) is 5.73 Å². The minimum atomic E-state index is -0.132. The third-order valence-electron chi connectivity index (χ3n) is 4.89. The van der Waals surface area contributed by atoms with E-state index in [0.717, 1.165) is 41.8 Å². The second kappa shape index (κ2) is 6.90. The van der Waals surface area contributed by atoms with E-state index in [1.807, 2.05) is 22.9 Å². The maximum absolute atomic E-state index is 13.9. The van der Waals surface area contributed by atoms with Crippen LogP contribution >= 0.6 is 0 Å². The molecule has 0 saturated carbocycles. The number of rotatable bonds is 5. The van der Waals surface area contributed by atoms with Crippen molar-refractivity contribution < 1.29 is 4.39 Å². The maximum atomic E-state index is 13.9. The topological polar surface area (TPSA) is 60.0 Å². The monoisotopic (exact) mass is 339 g/mol. The summed E-state index contributed by atoms with van der Waals surface area (Å²) in [6.45, 7) is 3.68. The van der Waals surface area contributed by atoms with E-state index in [-0.39, 0.29) is 5.82 Å². The zero-order chi connectivity index (χ0) is 17.2. The molecule has 2 N–H and O–H groups in total. The first kappa shape index (κ1) is 16.2. The summed E-state index contributed by atoms with van der Waals surface area (Å²) in [5.41, 5.74) is 8.45. The van der Waals surface area contributed by atoms with Gasteiger partial charge in [-0.1, -0.05) is 18.2 Å². The van der Waals surface area contributed by atoms with Gasteiger partial charge in [0.2, 0.25) is 0 Å². The van der Waals surface area contributed by atoms with Gasteiger partial charge in [0.1, 0.15) is 5.82 Å². The van der Waals surface area contributed by atoms with Gasteiger partial charge in [-0.2, -0.15) is 5.10 Å². The highest BCUT2D eigenvalue weighted by Gasteiger charge is 2.28. The second-order valence-corrected chi connectivity index (χ2v) is 6.58. The molecule has 1 aliphatic rings. The Bertz CT molecular complexity index is 875. The van der Waals surface area contributed by atoms with Crippen molar-refractivity contribution in [3.8, 4) is 0 Å². The highest BCUT2D eigenvalue weighted by molar-refractivity contribution is 5.78. The molecule has 6 heteroatoms. The number of hydrogen-bond donors (Lipinski definition) is 1. The van der Waals surface area contributed by atoms with Gasteiger partial charge in [-0.15, -0.1) is 0 Å². The van der Waals surface area contributed by atoms with Crippen LogP contribution in [-0.2, 0) is 13.1 Å². The average Bonchev–Trinajstić information content (AvgIpc) is 3.23. The fourth-order valence-corrected chi connectivity index (χ4v) is 3.68. The standard InChI is InChI=1S/C19H22FN5/c20-17-6-2-1-4-14(17)12-24-10-7-15(13-24)18-16-5-3-9-22-19(16)25(23-18)11-8-21/h1-6,9,15H,7-8,10-13,21H2. The molecule has 25 heavy (non-hydrogen) atoms. The predicted octanol–water partition coefficient (Wildman–Crippen LogP) is 2.52. The SMILES string of the molecule is NCCn1nc(C2CCN(Cc3ccccc3F)C2)c2cccnc21. The lowest BCUT2D eigenvalue weighted by atomic mass is 10.0. The Morgan fingerprint density at radius 1 is 1.20 bits per heavy atom. The third-order valence-corrected chi connectivity index (χ3v) is 4.89. The molecule has 0 aliphatic carbocycles. The first-order chi connectivity index (χ1) is 12.3. The van der Waals surface area contributed by atoms with Crippen molar-refractivity contribution in [2.45, 2.75) is 25.4 Å². The Labute approximate surface area is 146 Å². The Hall–Kier alpha value is -2.31. The van der Waals surface area contributed by atoms with Crippen molar-refractivity contribution in [3.63, 3.8) is 0 Å². The molecule has 1 unspecified atom stereocenters. The Balaban J connectivity index is 1.56. The van der Waals surface area contributed by atoms with Gasteiger partial charge in [0.15, 0.2) is 5.65 Å². The Morgan fingerprint density at radius 3 is 2.92 bits per heavy atom. The van der Waals surface area contributed by atoms with Gasteiger partial charge in [0, 0.05) is 42.7 Å². The van der Waals surface area contributed by atoms with Crippen LogP contribution in [0.3, 0.4) is 0 Å². The van der Waals surface area contributed by atoms with Gasteiger partial charge in [-0.3, -0.25) is 4.90 Å². The molecule has 1 aromatic carbocycles. The molecular formula is C19H22FN5. The highest BCUT2D eigenvalue weighted by Crippen LogP contribution is 2.32. The molecule has 1 saturated heterocycles. The summed E-state index contributed by atoms with van der Waals surface area (Å²) in [6, 6.07) is 11.0. The normalized spacial score (nSPS) is 18.2. The second-order valence-electron chi connectivity index (χ2n) is 6.58. The van der Waals surface area contributed by atoms with E-state index in [9.17, 15) is 4.39 Å². The molecule has 1 atom stereocenters. The van der Waals surface area contributed by atoms with Gasteiger partial charge in [-0.05, 0) is 31.2 Å². The summed E-state index contributed by atoms with van der Waals surface area (Å²) < 4.78 is 15.8. The van der Waals surface area contributed by atoms with E-state index in [4.69, 9.17) is 10.8 Å². The first-order valence-electron chi connectivity index (χ1n) is 8.73. The molecule has 0 bridgehead atoms. The largest absolute Gasteiger partial charge is 0.329 e. The maximum Gasteiger partial charge on any atom is 0.158 e. The van der Waals surface area contributed by atoms with Gasteiger partial charge in [-0.25, -0.2) is 14.1 Å². The van der Waals surface area contributed by atoms with E-state index in [0.29, 0.717) is 25.6 Å². The molecule has 4 rings (SSSR count). The molecule has 5 nitrogen and oxygen atoms in total. The van der Waals surface area contributed by atoms with Crippen LogP contribution in [-0.4, -0.2) is 39.3 Å². The number of pyridine rings is 1. The summed E-state index contributed by atoms with van der Waals surface area (Å²) in [5.74, 6) is 0.213. The molecule has 130 valence electrons. The summed E-state index contributed by atoms with van der Waals surface area (Å²) in [4.78, 5) is 6.77. The third kappa shape index (κ3) is 3.15. The van der Waals surface area contributed by atoms with Crippen LogP contribution in [0.2, 0.25) is 0 Å². The molecule has 0 spiro atoms. The fraction of sp³-hybridized carbons (Fsp3) is 0.368. The van der Waals surface area contributed by atoms with E-state index in [2.05, 4.69) is 16.0 Å². The summed E-state index contributed by atoms with van der Waals surface area (Å²) in [6.07, 6.45) is 2.82. The molecule has 0 radical (unpaired) electrons. The Morgan fingerprint density at radius 2 is 2.08 bits per heavy atom. The molecule has 3 heterocycles. The van der Waals surface area contributed by atoms with Gasteiger partial charge < -0.3 is 5.73 Å². The van der Waals surface area contributed by atoms with Crippen molar-refractivity contribution in [3.05, 3.63) is 59.7 Å². The number of nitrogens with zero attached hydrogens (tertiary/aromatic N) is 4. The number of benzene rings is 1. The van der Waals surface area contributed by atoms with E-state index < -0.39 is 0 Å². The van der Waals surface area contributed by atoms with E-state index in [1.54, 1.807) is 12.3 Å². The van der Waals surface area contributed by atoms with Crippen LogP contribution in [0, 0.1) is 5.82 Å². The van der Waals surface area contributed by atoms with E-state index >= 15 is 0 Å². The number of nitrogens with two attached hydrogens (primary N) is 1. The van der Waals surface area contributed by atoms with Crippen LogP contribution < -0.4 is 5.73 Å². The minimum absolute atomic E-state index is 0.132. The summed E-state index contributed by atoms with van der Waals surface area (Å²) >= 11 is 0. The van der Waals surface area contributed by atoms with Gasteiger partial charge in [0.25, 0.3) is 0 Å². The zero-order valence-corrected chi connectivity index (χ0v) is 14.1. The van der Waals surface area contributed by atoms with Crippen LogP contribution in [0.25, 0.3) is 11.0 Å². The molecule has 1 fully saturated rings. The lowest BCUT2D eigenvalue weighted by molar-refractivity contribution is 0.320. The van der Waals surface area contributed by atoms with Crippen LogP contribution in [0.5, 0.6) is 0 Å². The zero-order valence-electron chi connectivity index (χ0n) is 14.1.